The van der Waals surface area contributed by atoms with Gasteiger partial charge in [-0.25, -0.2) is 4.98 Å². The van der Waals surface area contributed by atoms with Gasteiger partial charge in [-0.05, 0) is 42.7 Å². The predicted octanol–water partition coefficient (Wildman–Crippen LogP) is 3.33. The van der Waals surface area contributed by atoms with Crippen LogP contribution in [0.5, 0.6) is 0 Å². The number of nitrogen functional groups attached to an aromatic ring is 2. The first kappa shape index (κ1) is 13.2. The summed E-state index contributed by atoms with van der Waals surface area (Å²) < 4.78 is 0. The second-order valence-electron chi connectivity index (χ2n) is 4.60. The van der Waals surface area contributed by atoms with Crippen molar-refractivity contribution in [2.24, 2.45) is 0 Å². The summed E-state index contributed by atoms with van der Waals surface area (Å²) in [6, 6.07) is 12.0. The van der Waals surface area contributed by atoms with Crippen LogP contribution >= 0.6 is 0 Å². The van der Waals surface area contributed by atoms with Gasteiger partial charge in [0.05, 0.1) is 5.69 Å². The average Bonchev–Trinajstić information content (AvgIpc) is 2.42. The highest BCUT2D eigenvalue weighted by Crippen LogP contribution is 2.19. The topological polar surface area (TPSA) is 77.0 Å². The van der Waals surface area contributed by atoms with Crippen LogP contribution in [0.2, 0.25) is 0 Å². The number of pyridine rings is 1. The molecule has 4 heteroatoms. The van der Waals surface area contributed by atoms with Crippen LogP contribution in [0.3, 0.4) is 0 Å². The van der Waals surface area contributed by atoms with E-state index >= 15 is 0 Å². The number of aryl methyl sites for hydroxylation is 1. The molecule has 0 aliphatic heterocycles. The minimum absolute atomic E-state index is 0.351. The lowest BCUT2D eigenvalue weighted by Crippen LogP contribution is -2.01. The number of unbranched alkanes of at least 4 members (excludes halogenated alkanes) is 1. The van der Waals surface area contributed by atoms with Crippen molar-refractivity contribution in [1.29, 1.82) is 0 Å². The van der Waals surface area contributed by atoms with Crippen LogP contribution in [0.15, 0.2) is 36.4 Å². The van der Waals surface area contributed by atoms with Gasteiger partial charge in [0.1, 0.15) is 11.6 Å². The molecule has 0 unspecified atom stereocenters. The first-order valence-electron chi connectivity index (χ1n) is 6.57. The molecule has 0 amide bonds. The SMILES string of the molecule is CCCCc1ccc(Nc2ccc(N)c(N)n2)cc1. The van der Waals surface area contributed by atoms with E-state index in [-0.39, 0.29) is 0 Å². The van der Waals surface area contributed by atoms with Crippen molar-refractivity contribution in [3.8, 4) is 0 Å². The number of hydrogen-bond donors (Lipinski definition) is 3. The van der Waals surface area contributed by atoms with Gasteiger partial charge in [-0.2, -0.15) is 0 Å². The molecule has 19 heavy (non-hydrogen) atoms. The monoisotopic (exact) mass is 256 g/mol. The normalized spacial score (nSPS) is 10.4. The lowest BCUT2D eigenvalue weighted by Gasteiger charge is -2.08. The largest absolute Gasteiger partial charge is 0.396 e. The number of hydrogen-bond acceptors (Lipinski definition) is 4. The molecule has 0 saturated heterocycles. The molecule has 100 valence electrons. The number of nitrogens with zero attached hydrogens (tertiary/aromatic N) is 1. The van der Waals surface area contributed by atoms with E-state index in [0.29, 0.717) is 17.3 Å². The van der Waals surface area contributed by atoms with Gasteiger partial charge < -0.3 is 16.8 Å². The molecular formula is C15H20N4. The van der Waals surface area contributed by atoms with Crippen LogP contribution in [0.25, 0.3) is 0 Å². The quantitative estimate of drug-likeness (QED) is 0.766. The Morgan fingerprint density at radius 3 is 2.42 bits per heavy atom. The predicted molar refractivity (Wildman–Crippen MR) is 81.4 cm³/mol. The van der Waals surface area contributed by atoms with E-state index in [2.05, 4.69) is 41.5 Å². The van der Waals surface area contributed by atoms with Gasteiger partial charge in [-0.3, -0.25) is 0 Å². The van der Waals surface area contributed by atoms with E-state index in [9.17, 15) is 0 Å². The Hall–Kier alpha value is -2.23. The molecule has 5 N–H and O–H groups in total. The minimum atomic E-state index is 0.351. The molecule has 0 aliphatic rings. The third-order valence-electron chi connectivity index (χ3n) is 3.00. The Bertz CT molecular complexity index is 534. The fourth-order valence-corrected chi connectivity index (χ4v) is 1.84. The van der Waals surface area contributed by atoms with Gasteiger partial charge in [-0.15, -0.1) is 0 Å². The maximum absolute atomic E-state index is 5.68. The number of nitrogens with one attached hydrogen (secondary N) is 1. The Morgan fingerprint density at radius 1 is 1.05 bits per heavy atom. The molecular weight excluding hydrogens is 236 g/mol. The standard InChI is InChI=1S/C15H20N4/c1-2-3-4-11-5-7-12(8-6-11)18-14-10-9-13(16)15(17)19-14/h5-10H,2-4,16H2,1H3,(H3,17,18,19). The molecule has 0 saturated carbocycles. The summed E-state index contributed by atoms with van der Waals surface area (Å²) in [4.78, 5) is 4.18. The molecule has 1 aromatic carbocycles. The van der Waals surface area contributed by atoms with Crippen LogP contribution in [-0.4, -0.2) is 4.98 Å². The van der Waals surface area contributed by atoms with Crippen molar-refractivity contribution in [3.05, 3.63) is 42.0 Å². The van der Waals surface area contributed by atoms with Crippen molar-refractivity contribution >= 4 is 23.0 Å². The van der Waals surface area contributed by atoms with Crippen LogP contribution in [-0.2, 0) is 6.42 Å². The summed E-state index contributed by atoms with van der Waals surface area (Å²) in [7, 11) is 0. The van der Waals surface area contributed by atoms with E-state index in [0.717, 1.165) is 12.1 Å². The fourth-order valence-electron chi connectivity index (χ4n) is 1.84. The summed E-state index contributed by atoms with van der Waals surface area (Å²) in [5, 5.41) is 3.21. The van der Waals surface area contributed by atoms with Crippen LogP contribution < -0.4 is 16.8 Å². The van der Waals surface area contributed by atoms with Crippen LogP contribution in [0.1, 0.15) is 25.3 Å². The van der Waals surface area contributed by atoms with Gasteiger partial charge in [0.25, 0.3) is 0 Å². The van der Waals surface area contributed by atoms with Gasteiger partial charge >= 0.3 is 0 Å². The fraction of sp³-hybridized carbons (Fsp3) is 0.267. The second kappa shape index (κ2) is 6.09. The Labute approximate surface area is 113 Å². The second-order valence-corrected chi connectivity index (χ2v) is 4.60. The maximum Gasteiger partial charge on any atom is 0.149 e. The molecule has 0 atom stereocenters. The van der Waals surface area contributed by atoms with Crippen LogP contribution in [0, 0.1) is 0 Å². The first-order chi connectivity index (χ1) is 9.19. The zero-order valence-corrected chi connectivity index (χ0v) is 11.2. The number of aromatic nitrogens is 1. The molecule has 0 aliphatic carbocycles. The van der Waals surface area contributed by atoms with Gasteiger partial charge in [0.2, 0.25) is 0 Å². The third kappa shape index (κ3) is 3.61. The average molecular weight is 256 g/mol. The highest BCUT2D eigenvalue weighted by Gasteiger charge is 2.00. The highest BCUT2D eigenvalue weighted by atomic mass is 15.0. The van der Waals surface area contributed by atoms with Crippen LogP contribution in [0.4, 0.5) is 23.0 Å². The summed E-state index contributed by atoms with van der Waals surface area (Å²) in [5.41, 5.74) is 14.2. The van der Waals surface area contributed by atoms with Gasteiger partial charge in [0, 0.05) is 5.69 Å². The first-order valence-corrected chi connectivity index (χ1v) is 6.57. The molecule has 2 rings (SSSR count). The molecule has 0 spiro atoms. The van der Waals surface area contributed by atoms with E-state index in [1.807, 2.05) is 6.07 Å². The highest BCUT2D eigenvalue weighted by molar-refractivity contribution is 5.65. The van der Waals surface area contributed by atoms with Gasteiger partial charge in [-0.1, -0.05) is 25.5 Å². The maximum atomic E-state index is 5.68. The van der Waals surface area contributed by atoms with Crippen molar-refractivity contribution in [1.82, 2.24) is 4.98 Å². The lowest BCUT2D eigenvalue weighted by atomic mass is 10.1. The smallest absolute Gasteiger partial charge is 0.149 e. The number of nitrogens with two attached hydrogens (primary N) is 2. The van der Waals surface area contributed by atoms with Crippen molar-refractivity contribution in [3.63, 3.8) is 0 Å². The molecule has 0 radical (unpaired) electrons. The molecule has 2 aromatic rings. The Morgan fingerprint density at radius 2 is 1.79 bits per heavy atom. The van der Waals surface area contributed by atoms with E-state index in [1.54, 1.807) is 6.07 Å². The number of rotatable bonds is 5. The minimum Gasteiger partial charge on any atom is -0.396 e. The Balaban J connectivity index is 2.04. The van der Waals surface area contributed by atoms with E-state index < -0.39 is 0 Å². The van der Waals surface area contributed by atoms with Crippen molar-refractivity contribution < 1.29 is 0 Å². The number of anilines is 4. The zero-order valence-electron chi connectivity index (χ0n) is 11.2. The molecule has 1 heterocycles. The lowest BCUT2D eigenvalue weighted by molar-refractivity contribution is 0.795. The van der Waals surface area contributed by atoms with Crippen molar-refractivity contribution in [2.45, 2.75) is 26.2 Å². The zero-order chi connectivity index (χ0) is 13.7. The summed E-state index contributed by atoms with van der Waals surface area (Å²) in [5.74, 6) is 1.05. The third-order valence-corrected chi connectivity index (χ3v) is 3.00. The molecule has 4 nitrogen and oxygen atoms in total. The summed E-state index contributed by atoms with van der Waals surface area (Å²) >= 11 is 0. The Kier molecular flexibility index (Phi) is 4.23. The number of benzene rings is 1. The molecule has 0 bridgehead atoms. The summed E-state index contributed by atoms with van der Waals surface area (Å²) in [6.45, 7) is 2.20. The van der Waals surface area contributed by atoms with Gasteiger partial charge in [0.15, 0.2) is 0 Å². The summed E-state index contributed by atoms with van der Waals surface area (Å²) in [6.07, 6.45) is 3.57. The molecule has 1 aromatic heterocycles. The molecule has 0 fully saturated rings. The van der Waals surface area contributed by atoms with E-state index in [1.165, 1.54) is 18.4 Å². The van der Waals surface area contributed by atoms with E-state index in [4.69, 9.17) is 11.5 Å². The van der Waals surface area contributed by atoms with Crippen molar-refractivity contribution in [2.75, 3.05) is 16.8 Å².